The first kappa shape index (κ1) is 32.3. The Labute approximate surface area is 249 Å². The van der Waals surface area contributed by atoms with Crippen LogP contribution in [0.15, 0.2) is 53.3 Å². The Hall–Kier alpha value is -4.23. The predicted molar refractivity (Wildman–Crippen MR) is 158 cm³/mol. The Bertz CT molecular complexity index is 1550. The predicted octanol–water partition coefficient (Wildman–Crippen LogP) is 6.09. The number of halogens is 2. The zero-order valence-electron chi connectivity index (χ0n) is 24.5. The molecule has 0 radical (unpaired) electrons. The Morgan fingerprint density at radius 3 is 2.55 bits per heavy atom. The SMILES string of the molecule is CC.Cc1cc(Oc2ccc(C(=O)N[C@H](C)C(=O)N3C(c4cccc(F)c4)CCC3C(C)(C)C#N)cc2Cl)c(=O)[nH]n1. The fourth-order valence-electron chi connectivity index (χ4n) is 4.91. The fraction of sp³-hybridized carbons (Fsp3) is 0.387. The second-order valence-electron chi connectivity index (χ2n) is 10.4. The van der Waals surface area contributed by atoms with Gasteiger partial charge < -0.3 is 15.0 Å². The van der Waals surface area contributed by atoms with E-state index in [0.29, 0.717) is 24.1 Å². The van der Waals surface area contributed by atoms with Crippen LogP contribution < -0.4 is 15.6 Å². The summed E-state index contributed by atoms with van der Waals surface area (Å²) in [5.41, 5.74) is -0.0482. The van der Waals surface area contributed by atoms with Crippen LogP contribution in [0.4, 0.5) is 4.39 Å². The van der Waals surface area contributed by atoms with Crippen LogP contribution in [0.25, 0.3) is 0 Å². The number of benzene rings is 2. The highest BCUT2D eigenvalue weighted by molar-refractivity contribution is 6.32. The number of nitrogens with one attached hydrogen (secondary N) is 2. The van der Waals surface area contributed by atoms with Gasteiger partial charge in [-0.05, 0) is 76.4 Å². The summed E-state index contributed by atoms with van der Waals surface area (Å²) in [5, 5.41) is 18.7. The number of H-pyrrole nitrogens is 1. The number of aryl methyl sites for hydroxylation is 1. The molecule has 0 aliphatic carbocycles. The Morgan fingerprint density at radius 1 is 1.19 bits per heavy atom. The molecular formula is C31H35ClFN5O4. The number of hydrogen-bond donors (Lipinski definition) is 2. The third-order valence-electron chi connectivity index (χ3n) is 7.02. The fourth-order valence-corrected chi connectivity index (χ4v) is 5.13. The highest BCUT2D eigenvalue weighted by atomic mass is 35.5. The van der Waals surface area contributed by atoms with Crippen LogP contribution in [0, 0.1) is 29.5 Å². The number of amides is 2. The number of aromatic nitrogens is 2. The Balaban J connectivity index is 0.00000237. The van der Waals surface area contributed by atoms with Crippen LogP contribution >= 0.6 is 11.6 Å². The molecule has 0 bridgehead atoms. The van der Waals surface area contributed by atoms with Crippen molar-refractivity contribution in [2.24, 2.45) is 5.41 Å². The first-order chi connectivity index (χ1) is 19.9. The second kappa shape index (κ2) is 13.6. The highest BCUT2D eigenvalue weighted by Crippen LogP contribution is 2.43. The quantitative estimate of drug-likeness (QED) is 0.340. The maximum Gasteiger partial charge on any atom is 0.307 e. The van der Waals surface area contributed by atoms with Crippen molar-refractivity contribution in [3.63, 3.8) is 0 Å². The lowest BCUT2D eigenvalue weighted by Gasteiger charge is -2.38. The van der Waals surface area contributed by atoms with Crippen LogP contribution in [-0.4, -0.2) is 39.0 Å². The van der Waals surface area contributed by atoms with Crippen molar-refractivity contribution in [1.29, 1.82) is 5.26 Å². The van der Waals surface area contributed by atoms with Gasteiger partial charge in [0.15, 0.2) is 5.75 Å². The molecule has 2 unspecified atom stereocenters. The summed E-state index contributed by atoms with van der Waals surface area (Å²) in [5.74, 6) is -1.19. The number of carbonyl (C=O) groups excluding carboxylic acids is 2. The molecule has 9 nitrogen and oxygen atoms in total. The van der Waals surface area contributed by atoms with E-state index in [9.17, 15) is 24.0 Å². The molecule has 42 heavy (non-hydrogen) atoms. The highest BCUT2D eigenvalue weighted by Gasteiger charge is 2.46. The number of nitrogens with zero attached hydrogens (tertiary/aromatic N) is 3. The molecule has 222 valence electrons. The van der Waals surface area contributed by atoms with Crippen molar-refractivity contribution >= 4 is 23.4 Å². The van der Waals surface area contributed by atoms with E-state index in [1.165, 1.54) is 36.4 Å². The molecule has 2 aromatic carbocycles. The molecule has 3 aromatic rings. The van der Waals surface area contributed by atoms with Crippen LogP contribution in [0.1, 0.15) is 75.1 Å². The van der Waals surface area contributed by atoms with Gasteiger partial charge in [-0.15, -0.1) is 0 Å². The molecule has 1 aliphatic heterocycles. The van der Waals surface area contributed by atoms with Crippen molar-refractivity contribution in [2.75, 3.05) is 0 Å². The van der Waals surface area contributed by atoms with Gasteiger partial charge in [-0.2, -0.15) is 10.4 Å². The minimum absolute atomic E-state index is 0.000803. The van der Waals surface area contributed by atoms with Gasteiger partial charge in [-0.25, -0.2) is 9.49 Å². The summed E-state index contributed by atoms with van der Waals surface area (Å²) in [6, 6.07) is 12.3. The molecular weight excluding hydrogens is 561 g/mol. The standard InChI is InChI=1S/C29H29ClFN5O4.C2H6/c1-16-12-24(27(38)35-34-16)40-23-10-8-19(14-21(23)30)26(37)33-17(2)28(39)36-22(18-6-5-7-20(31)13-18)9-11-25(36)29(3,4)15-32;1-2/h5-8,10,12-14,17,22,25H,9,11H2,1-4H3,(H,33,37)(H,35,38);1-2H3/t17-,22?,25?;/m1./s1. The Kier molecular flexibility index (Phi) is 10.5. The van der Waals surface area contributed by atoms with E-state index in [0.717, 1.165) is 0 Å². The molecule has 2 N–H and O–H groups in total. The summed E-state index contributed by atoms with van der Waals surface area (Å²) in [6.45, 7) is 10.8. The van der Waals surface area contributed by atoms with Gasteiger partial charge in [0.05, 0.1) is 34.3 Å². The van der Waals surface area contributed by atoms with E-state index in [4.69, 9.17) is 16.3 Å². The molecule has 2 amide bonds. The van der Waals surface area contributed by atoms with Gasteiger partial charge in [-0.1, -0.05) is 37.6 Å². The summed E-state index contributed by atoms with van der Waals surface area (Å²) >= 11 is 6.33. The lowest BCUT2D eigenvalue weighted by molar-refractivity contribution is -0.137. The van der Waals surface area contributed by atoms with E-state index < -0.39 is 40.8 Å². The maximum atomic E-state index is 14.0. The van der Waals surface area contributed by atoms with Gasteiger partial charge in [-0.3, -0.25) is 14.4 Å². The number of likely N-dealkylation sites (tertiary alicyclic amines) is 1. The first-order valence-electron chi connectivity index (χ1n) is 13.7. The van der Waals surface area contributed by atoms with E-state index >= 15 is 0 Å². The largest absolute Gasteiger partial charge is 0.450 e. The number of carbonyl (C=O) groups is 2. The number of aromatic amines is 1. The molecule has 4 rings (SSSR count). The lowest BCUT2D eigenvalue weighted by atomic mass is 9.84. The minimum atomic E-state index is -0.952. The van der Waals surface area contributed by atoms with E-state index in [1.807, 2.05) is 13.8 Å². The summed E-state index contributed by atoms with van der Waals surface area (Å²) in [7, 11) is 0. The smallest absolute Gasteiger partial charge is 0.307 e. The normalized spacial score (nSPS) is 17.0. The van der Waals surface area contributed by atoms with Gasteiger partial charge in [0.1, 0.15) is 17.6 Å². The third kappa shape index (κ3) is 7.15. The van der Waals surface area contributed by atoms with Crippen molar-refractivity contribution in [3.8, 4) is 17.6 Å². The molecule has 1 aliphatic rings. The second-order valence-corrected chi connectivity index (χ2v) is 10.8. The van der Waals surface area contributed by atoms with Crippen LogP contribution in [-0.2, 0) is 4.79 Å². The van der Waals surface area contributed by atoms with Crippen molar-refractivity contribution < 1.29 is 18.7 Å². The molecule has 3 atom stereocenters. The van der Waals surface area contributed by atoms with E-state index in [1.54, 1.807) is 44.7 Å². The minimum Gasteiger partial charge on any atom is -0.450 e. The van der Waals surface area contributed by atoms with Crippen LogP contribution in [0.3, 0.4) is 0 Å². The van der Waals surface area contributed by atoms with Crippen molar-refractivity contribution in [1.82, 2.24) is 20.4 Å². The lowest BCUT2D eigenvalue weighted by Crippen LogP contribution is -2.52. The van der Waals surface area contributed by atoms with Crippen LogP contribution in [0.2, 0.25) is 5.02 Å². The summed E-state index contributed by atoms with van der Waals surface area (Å²) < 4.78 is 19.6. The summed E-state index contributed by atoms with van der Waals surface area (Å²) in [6.07, 6.45) is 1.12. The maximum absolute atomic E-state index is 14.0. The average molecular weight is 596 g/mol. The Morgan fingerprint density at radius 2 is 1.90 bits per heavy atom. The number of nitriles is 1. The third-order valence-corrected chi connectivity index (χ3v) is 7.32. The zero-order valence-corrected chi connectivity index (χ0v) is 25.3. The van der Waals surface area contributed by atoms with Crippen LogP contribution in [0.5, 0.6) is 11.5 Å². The van der Waals surface area contributed by atoms with Crippen molar-refractivity contribution in [3.05, 3.63) is 86.5 Å². The molecule has 2 heterocycles. The van der Waals surface area contributed by atoms with Crippen molar-refractivity contribution in [2.45, 2.75) is 72.5 Å². The first-order valence-corrected chi connectivity index (χ1v) is 14.1. The number of rotatable bonds is 7. The molecule has 1 saturated heterocycles. The van der Waals surface area contributed by atoms with E-state index in [2.05, 4.69) is 21.6 Å². The molecule has 0 spiro atoms. The van der Waals surface area contributed by atoms with E-state index in [-0.39, 0.29) is 28.0 Å². The zero-order chi connectivity index (χ0) is 31.2. The van der Waals surface area contributed by atoms with Gasteiger partial charge in [0.2, 0.25) is 5.91 Å². The van der Waals surface area contributed by atoms with Gasteiger partial charge >= 0.3 is 5.56 Å². The molecule has 1 fully saturated rings. The number of hydrogen-bond acceptors (Lipinski definition) is 6. The topological polar surface area (TPSA) is 128 Å². The monoisotopic (exact) mass is 595 g/mol. The summed E-state index contributed by atoms with van der Waals surface area (Å²) in [4.78, 5) is 40.4. The average Bonchev–Trinajstić information content (AvgIpc) is 3.43. The van der Waals surface area contributed by atoms with Gasteiger partial charge in [0.25, 0.3) is 5.91 Å². The molecule has 11 heteroatoms. The van der Waals surface area contributed by atoms with Gasteiger partial charge in [0, 0.05) is 11.6 Å². The molecule has 1 aromatic heterocycles. The number of ether oxygens (including phenoxy) is 1. The molecule has 0 saturated carbocycles.